The number of likely N-dealkylation sites (N-methyl/N-ethyl adjacent to an activating group) is 1. The molecule has 0 bridgehead atoms. The molecular weight excluding hydrogens is 310 g/mol. The third-order valence-electron chi connectivity index (χ3n) is 4.07. The maximum atomic E-state index is 9.13. The van der Waals surface area contributed by atoms with Gasteiger partial charge in [-0.15, -0.1) is 11.3 Å². The van der Waals surface area contributed by atoms with E-state index in [0.29, 0.717) is 17.6 Å². The van der Waals surface area contributed by atoms with E-state index in [1.807, 2.05) is 12.4 Å². The summed E-state index contributed by atoms with van der Waals surface area (Å²) in [6.07, 6.45) is 4.77. The molecule has 3 aromatic heterocycles. The number of hydrogen-bond donors (Lipinski definition) is 0. The molecule has 114 valence electrons. The normalized spacial score (nSPS) is 14.5. The average Bonchev–Trinajstić information content (AvgIpc) is 3.02. The van der Waals surface area contributed by atoms with Gasteiger partial charge in [0.05, 0.1) is 11.4 Å². The molecule has 0 aliphatic carbocycles. The van der Waals surface area contributed by atoms with Crippen molar-refractivity contribution >= 4 is 33.2 Å². The van der Waals surface area contributed by atoms with E-state index in [1.54, 1.807) is 30.1 Å². The molecule has 0 unspecified atom stereocenters. The van der Waals surface area contributed by atoms with Crippen molar-refractivity contribution < 1.29 is 0 Å². The van der Waals surface area contributed by atoms with Crippen LogP contribution in [-0.2, 0) is 0 Å². The third kappa shape index (κ3) is 2.26. The van der Waals surface area contributed by atoms with Crippen molar-refractivity contribution in [1.82, 2.24) is 19.9 Å². The van der Waals surface area contributed by atoms with E-state index in [1.165, 1.54) is 0 Å². The van der Waals surface area contributed by atoms with Crippen molar-refractivity contribution in [2.24, 2.45) is 0 Å². The van der Waals surface area contributed by atoms with Crippen molar-refractivity contribution in [1.29, 1.82) is 5.26 Å². The Morgan fingerprint density at radius 1 is 1.26 bits per heavy atom. The van der Waals surface area contributed by atoms with Crippen LogP contribution in [0.5, 0.6) is 0 Å². The van der Waals surface area contributed by atoms with Gasteiger partial charge < -0.3 is 9.80 Å². The molecule has 0 amide bonds. The van der Waals surface area contributed by atoms with Crippen LogP contribution in [0.3, 0.4) is 0 Å². The number of thiophene rings is 1. The van der Waals surface area contributed by atoms with E-state index in [4.69, 9.17) is 5.26 Å². The summed E-state index contributed by atoms with van der Waals surface area (Å²) in [5.74, 6) is 1.60. The van der Waals surface area contributed by atoms with Crippen molar-refractivity contribution in [2.45, 2.75) is 6.04 Å². The standard InChI is InChI=1S/C15H13N7S/c1-21(13-11-2-5-23-15(11)20-9-19-13)10-7-22(8-10)14-12(6-16)17-3-4-18-14/h2-5,9-10H,7-8H2,1H3. The van der Waals surface area contributed by atoms with Crippen LogP contribution in [0.2, 0.25) is 0 Å². The molecule has 1 aliphatic rings. The first kappa shape index (κ1) is 13.8. The Labute approximate surface area is 136 Å². The predicted octanol–water partition coefficient (Wildman–Crippen LogP) is 1.68. The number of rotatable bonds is 3. The van der Waals surface area contributed by atoms with Gasteiger partial charge in [0.15, 0.2) is 11.5 Å². The van der Waals surface area contributed by atoms with Gasteiger partial charge in [0.25, 0.3) is 0 Å². The second-order valence-corrected chi connectivity index (χ2v) is 6.24. The van der Waals surface area contributed by atoms with Gasteiger partial charge in [-0.1, -0.05) is 0 Å². The van der Waals surface area contributed by atoms with Crippen molar-refractivity contribution in [3.8, 4) is 6.07 Å². The molecule has 0 spiro atoms. The second kappa shape index (κ2) is 5.44. The lowest BCUT2D eigenvalue weighted by Crippen LogP contribution is -2.59. The lowest BCUT2D eigenvalue weighted by Gasteiger charge is -2.45. The second-order valence-electron chi connectivity index (χ2n) is 5.35. The van der Waals surface area contributed by atoms with E-state index >= 15 is 0 Å². The maximum absolute atomic E-state index is 9.13. The Bertz CT molecular complexity index is 894. The highest BCUT2D eigenvalue weighted by molar-refractivity contribution is 7.16. The molecule has 0 radical (unpaired) electrons. The Balaban J connectivity index is 1.54. The molecule has 1 fully saturated rings. The highest BCUT2D eigenvalue weighted by atomic mass is 32.1. The fourth-order valence-electron chi connectivity index (χ4n) is 2.75. The van der Waals surface area contributed by atoms with Crippen LogP contribution in [-0.4, -0.2) is 46.1 Å². The van der Waals surface area contributed by atoms with E-state index in [0.717, 1.165) is 29.1 Å². The minimum atomic E-state index is 0.321. The van der Waals surface area contributed by atoms with E-state index in [-0.39, 0.29) is 0 Å². The lowest BCUT2D eigenvalue weighted by molar-refractivity contribution is 0.489. The van der Waals surface area contributed by atoms with E-state index in [2.05, 4.69) is 41.9 Å². The van der Waals surface area contributed by atoms with Crippen LogP contribution in [0.4, 0.5) is 11.6 Å². The van der Waals surface area contributed by atoms with Crippen LogP contribution >= 0.6 is 11.3 Å². The van der Waals surface area contributed by atoms with Gasteiger partial charge in [-0.2, -0.15) is 5.26 Å². The number of aromatic nitrogens is 4. The van der Waals surface area contributed by atoms with E-state index in [9.17, 15) is 0 Å². The van der Waals surface area contributed by atoms with Gasteiger partial charge >= 0.3 is 0 Å². The highest BCUT2D eigenvalue weighted by Gasteiger charge is 2.33. The summed E-state index contributed by atoms with van der Waals surface area (Å²) in [7, 11) is 2.04. The molecule has 4 rings (SSSR count). The Kier molecular flexibility index (Phi) is 3.28. The molecule has 7 nitrogen and oxygen atoms in total. The predicted molar refractivity (Wildman–Crippen MR) is 88.6 cm³/mol. The lowest BCUT2D eigenvalue weighted by atomic mass is 10.1. The van der Waals surface area contributed by atoms with Crippen LogP contribution in [0.1, 0.15) is 5.69 Å². The zero-order valence-corrected chi connectivity index (χ0v) is 13.2. The zero-order valence-electron chi connectivity index (χ0n) is 12.4. The summed E-state index contributed by atoms with van der Waals surface area (Å²) in [6, 6.07) is 4.47. The van der Waals surface area contributed by atoms with Gasteiger partial charge in [0, 0.05) is 32.5 Å². The number of fused-ring (bicyclic) bond motifs is 1. The molecule has 0 N–H and O–H groups in total. The monoisotopic (exact) mass is 323 g/mol. The largest absolute Gasteiger partial charge is 0.352 e. The molecule has 23 heavy (non-hydrogen) atoms. The minimum Gasteiger partial charge on any atom is -0.352 e. The smallest absolute Gasteiger partial charge is 0.183 e. The molecule has 3 aromatic rings. The molecule has 4 heterocycles. The number of anilines is 2. The van der Waals surface area contributed by atoms with Crippen LogP contribution in [0.15, 0.2) is 30.2 Å². The minimum absolute atomic E-state index is 0.321. The van der Waals surface area contributed by atoms with Gasteiger partial charge in [0.1, 0.15) is 23.0 Å². The molecular formula is C15H13N7S. The van der Waals surface area contributed by atoms with Gasteiger partial charge in [-0.05, 0) is 11.4 Å². The van der Waals surface area contributed by atoms with Crippen LogP contribution in [0.25, 0.3) is 10.2 Å². The highest BCUT2D eigenvalue weighted by Crippen LogP contribution is 2.30. The molecule has 0 saturated carbocycles. The number of nitrogens with zero attached hydrogens (tertiary/aromatic N) is 7. The van der Waals surface area contributed by atoms with E-state index < -0.39 is 0 Å². The Morgan fingerprint density at radius 3 is 2.91 bits per heavy atom. The fraction of sp³-hybridized carbons (Fsp3) is 0.267. The SMILES string of the molecule is CN(c1ncnc2sccc12)C1CN(c2nccnc2C#N)C1. The number of nitriles is 1. The summed E-state index contributed by atoms with van der Waals surface area (Å²) in [6.45, 7) is 1.58. The summed E-state index contributed by atoms with van der Waals surface area (Å²) >= 11 is 1.62. The first-order valence-electron chi connectivity index (χ1n) is 7.15. The van der Waals surface area contributed by atoms with Gasteiger partial charge in [-0.3, -0.25) is 0 Å². The topological polar surface area (TPSA) is 81.8 Å². The van der Waals surface area contributed by atoms with Crippen LogP contribution in [0, 0.1) is 11.3 Å². The van der Waals surface area contributed by atoms with Crippen LogP contribution < -0.4 is 9.80 Å². The number of hydrogen-bond acceptors (Lipinski definition) is 8. The van der Waals surface area contributed by atoms with Gasteiger partial charge in [-0.25, -0.2) is 19.9 Å². The zero-order chi connectivity index (χ0) is 15.8. The summed E-state index contributed by atoms with van der Waals surface area (Å²) in [5.41, 5.74) is 0.371. The maximum Gasteiger partial charge on any atom is 0.183 e. The van der Waals surface area contributed by atoms with Crippen molar-refractivity contribution in [3.63, 3.8) is 0 Å². The molecule has 0 aromatic carbocycles. The van der Waals surface area contributed by atoms with Crippen molar-refractivity contribution in [3.05, 3.63) is 35.9 Å². The summed E-state index contributed by atoms with van der Waals surface area (Å²) in [5, 5.41) is 12.2. The fourth-order valence-corrected chi connectivity index (χ4v) is 3.47. The van der Waals surface area contributed by atoms with Gasteiger partial charge in [0.2, 0.25) is 0 Å². The molecule has 1 saturated heterocycles. The van der Waals surface area contributed by atoms with Crippen molar-refractivity contribution in [2.75, 3.05) is 29.9 Å². The Hall–Kier alpha value is -2.79. The molecule has 1 aliphatic heterocycles. The Morgan fingerprint density at radius 2 is 2.09 bits per heavy atom. The first-order chi connectivity index (χ1) is 11.3. The summed E-state index contributed by atoms with van der Waals surface area (Å²) in [4.78, 5) is 22.3. The third-order valence-corrected chi connectivity index (χ3v) is 4.89. The molecule has 8 heteroatoms. The summed E-state index contributed by atoms with van der Waals surface area (Å²) < 4.78 is 0. The first-order valence-corrected chi connectivity index (χ1v) is 8.03. The molecule has 0 atom stereocenters. The quantitative estimate of drug-likeness (QED) is 0.725. The average molecular weight is 323 g/mol.